The van der Waals surface area contributed by atoms with Gasteiger partial charge in [0.15, 0.2) is 5.17 Å². The Hall–Kier alpha value is -3.62. The smallest absolute Gasteiger partial charge is 0.336 e. The summed E-state index contributed by atoms with van der Waals surface area (Å²) in [5.41, 5.74) is 3.48. The van der Waals surface area contributed by atoms with E-state index in [-0.39, 0.29) is 19.1 Å². The predicted molar refractivity (Wildman–Crippen MR) is 136 cm³/mol. The summed E-state index contributed by atoms with van der Waals surface area (Å²) in [4.78, 5) is 31.6. The molecule has 1 aliphatic rings. The minimum absolute atomic E-state index is 0.139. The molecule has 2 aromatic carbocycles. The second-order valence-corrected chi connectivity index (χ2v) is 9.01. The summed E-state index contributed by atoms with van der Waals surface area (Å²) in [5.74, 6) is -0.200. The zero-order valence-corrected chi connectivity index (χ0v) is 19.6. The van der Waals surface area contributed by atoms with Crippen LogP contribution in [-0.4, -0.2) is 38.8 Å². The molecule has 0 bridgehead atoms. The lowest BCUT2D eigenvalue weighted by Crippen LogP contribution is -2.31. The van der Waals surface area contributed by atoms with Gasteiger partial charge in [-0.15, -0.1) is 0 Å². The van der Waals surface area contributed by atoms with Crippen molar-refractivity contribution in [3.8, 4) is 0 Å². The van der Waals surface area contributed by atoms with Crippen LogP contribution in [0.15, 0.2) is 73.8 Å². The molecule has 1 N–H and O–H groups in total. The van der Waals surface area contributed by atoms with Crippen LogP contribution in [0.3, 0.4) is 0 Å². The minimum atomic E-state index is -0.418. The van der Waals surface area contributed by atoms with Crippen LogP contribution >= 0.6 is 11.8 Å². The van der Waals surface area contributed by atoms with Crippen LogP contribution in [-0.2, 0) is 11.3 Å². The Morgan fingerprint density at radius 1 is 1.12 bits per heavy atom. The number of aliphatic hydroxyl groups excluding tert-OH is 1. The van der Waals surface area contributed by atoms with Crippen LogP contribution in [0, 0.1) is 6.92 Å². The van der Waals surface area contributed by atoms with Gasteiger partial charge < -0.3 is 14.1 Å². The number of carbonyl (C=O) groups is 1. The minimum Gasteiger partial charge on any atom is -0.423 e. The SMILES string of the molecule is CCn1cc(/C=C2\SC(=Nc3ccc4c(C)cc(=O)oc4c3)N(CCO)C2=O)c2ccccc21. The number of hydrogen-bond donors (Lipinski definition) is 1. The van der Waals surface area contributed by atoms with Crippen molar-refractivity contribution in [2.45, 2.75) is 20.4 Å². The molecule has 2 aromatic heterocycles. The molecule has 5 rings (SSSR count). The maximum Gasteiger partial charge on any atom is 0.336 e. The van der Waals surface area contributed by atoms with Gasteiger partial charge in [-0.25, -0.2) is 9.79 Å². The van der Waals surface area contributed by atoms with Crippen LogP contribution in [0.2, 0.25) is 0 Å². The molecule has 1 fully saturated rings. The average molecular weight is 474 g/mol. The molecule has 8 heteroatoms. The number of carbonyl (C=O) groups excluding carboxylic acids is 1. The number of amidine groups is 1. The molecule has 3 heterocycles. The Balaban J connectivity index is 1.56. The molecule has 1 amide bonds. The van der Waals surface area contributed by atoms with Crippen molar-refractivity contribution in [1.82, 2.24) is 9.47 Å². The number of aryl methyl sites for hydroxylation is 2. The highest BCUT2D eigenvalue weighted by Gasteiger charge is 2.33. The Kier molecular flexibility index (Phi) is 5.85. The number of hydrogen-bond acceptors (Lipinski definition) is 6. The summed E-state index contributed by atoms with van der Waals surface area (Å²) in [7, 11) is 0. The number of fused-ring (bicyclic) bond motifs is 2. The topological polar surface area (TPSA) is 88.0 Å². The van der Waals surface area contributed by atoms with Gasteiger partial charge in [0.05, 0.1) is 23.7 Å². The Morgan fingerprint density at radius 2 is 1.94 bits per heavy atom. The van der Waals surface area contributed by atoms with Crippen molar-refractivity contribution in [2.24, 2.45) is 4.99 Å². The lowest BCUT2D eigenvalue weighted by molar-refractivity contribution is -0.122. The van der Waals surface area contributed by atoms with Crippen LogP contribution in [0.5, 0.6) is 0 Å². The first-order chi connectivity index (χ1) is 16.5. The van der Waals surface area contributed by atoms with Gasteiger partial charge in [0.1, 0.15) is 5.58 Å². The first kappa shape index (κ1) is 22.2. The fraction of sp³-hybridized carbons (Fsp3) is 0.192. The zero-order chi connectivity index (χ0) is 23.8. The third-order valence-corrected chi connectivity index (χ3v) is 6.82. The zero-order valence-electron chi connectivity index (χ0n) is 18.8. The number of aromatic nitrogens is 1. The third-order valence-electron chi connectivity index (χ3n) is 5.82. The number of benzene rings is 2. The van der Waals surface area contributed by atoms with E-state index in [0.29, 0.717) is 21.3 Å². The molecule has 0 unspecified atom stereocenters. The molecular formula is C26H23N3O4S. The number of aliphatic hydroxyl groups is 1. The summed E-state index contributed by atoms with van der Waals surface area (Å²) in [6.07, 6.45) is 3.93. The molecule has 0 aliphatic carbocycles. The number of aliphatic imine (C=N–C) groups is 1. The number of β-amino-alcohol motifs (C(OH)–C–C–N with tert-alkyl or cyclic N) is 1. The lowest BCUT2D eigenvalue weighted by atomic mass is 10.1. The van der Waals surface area contributed by atoms with Gasteiger partial charge in [-0.3, -0.25) is 9.69 Å². The van der Waals surface area contributed by atoms with Crippen molar-refractivity contribution in [3.05, 3.63) is 81.2 Å². The lowest BCUT2D eigenvalue weighted by Gasteiger charge is -2.13. The summed E-state index contributed by atoms with van der Waals surface area (Å²) in [6, 6.07) is 14.9. The Morgan fingerprint density at radius 3 is 2.74 bits per heavy atom. The molecule has 0 radical (unpaired) electrons. The molecule has 0 spiro atoms. The number of rotatable bonds is 5. The number of para-hydroxylation sites is 1. The highest BCUT2D eigenvalue weighted by molar-refractivity contribution is 8.18. The van der Waals surface area contributed by atoms with Crippen LogP contribution in [0.25, 0.3) is 27.9 Å². The van der Waals surface area contributed by atoms with E-state index in [2.05, 4.69) is 22.5 Å². The monoisotopic (exact) mass is 473 g/mol. The van der Waals surface area contributed by atoms with E-state index in [4.69, 9.17) is 4.42 Å². The largest absolute Gasteiger partial charge is 0.423 e. The van der Waals surface area contributed by atoms with Gasteiger partial charge in [-0.05, 0) is 55.4 Å². The third kappa shape index (κ3) is 3.95. The van der Waals surface area contributed by atoms with Crippen LogP contribution in [0.4, 0.5) is 5.69 Å². The molecule has 0 saturated carbocycles. The first-order valence-electron chi connectivity index (χ1n) is 11.0. The number of nitrogens with zero attached hydrogens (tertiary/aromatic N) is 3. The molecular weight excluding hydrogens is 450 g/mol. The van der Waals surface area contributed by atoms with E-state index in [1.807, 2.05) is 49.5 Å². The van der Waals surface area contributed by atoms with Crippen LogP contribution in [0.1, 0.15) is 18.1 Å². The highest BCUT2D eigenvalue weighted by atomic mass is 32.2. The average Bonchev–Trinajstić information content (AvgIpc) is 3.32. The van der Waals surface area contributed by atoms with Gasteiger partial charge in [0, 0.05) is 46.7 Å². The molecule has 1 saturated heterocycles. The summed E-state index contributed by atoms with van der Waals surface area (Å²) < 4.78 is 7.48. The fourth-order valence-electron chi connectivity index (χ4n) is 4.18. The molecule has 7 nitrogen and oxygen atoms in total. The van der Waals surface area contributed by atoms with Gasteiger partial charge in [0.2, 0.25) is 0 Å². The predicted octanol–water partition coefficient (Wildman–Crippen LogP) is 4.67. The Labute approximate surface area is 200 Å². The van der Waals surface area contributed by atoms with Crippen molar-refractivity contribution in [2.75, 3.05) is 13.2 Å². The van der Waals surface area contributed by atoms with E-state index in [1.165, 1.54) is 22.7 Å². The second kappa shape index (κ2) is 8.96. The highest BCUT2D eigenvalue weighted by Crippen LogP contribution is 2.36. The van der Waals surface area contributed by atoms with E-state index >= 15 is 0 Å². The Bertz CT molecular complexity index is 1550. The van der Waals surface area contributed by atoms with E-state index in [9.17, 15) is 14.7 Å². The van der Waals surface area contributed by atoms with E-state index in [0.717, 1.165) is 34.0 Å². The van der Waals surface area contributed by atoms with E-state index < -0.39 is 5.63 Å². The van der Waals surface area contributed by atoms with Gasteiger partial charge >= 0.3 is 5.63 Å². The van der Waals surface area contributed by atoms with Crippen molar-refractivity contribution in [3.63, 3.8) is 0 Å². The summed E-state index contributed by atoms with van der Waals surface area (Å²) in [5, 5.41) is 11.9. The normalized spacial score (nSPS) is 16.6. The van der Waals surface area contributed by atoms with Gasteiger partial charge in [-0.1, -0.05) is 18.2 Å². The standard InChI is InChI=1S/C26H23N3O4S/c1-3-28-15-17(20-6-4-5-7-21(20)28)13-23-25(32)29(10-11-30)26(34-23)27-18-8-9-19-16(2)12-24(31)33-22(19)14-18/h4-9,12-15,30H,3,10-11H2,1-2H3/b23-13-,27-26?. The molecule has 172 valence electrons. The number of amides is 1. The molecule has 1 aliphatic heterocycles. The summed E-state index contributed by atoms with van der Waals surface area (Å²) in [6.45, 7) is 4.72. The second-order valence-electron chi connectivity index (χ2n) is 8.00. The molecule has 0 atom stereocenters. The maximum absolute atomic E-state index is 13.2. The van der Waals surface area contributed by atoms with Crippen molar-refractivity contribution in [1.29, 1.82) is 0 Å². The van der Waals surface area contributed by atoms with Crippen LogP contribution < -0.4 is 5.63 Å². The maximum atomic E-state index is 13.2. The number of thioether (sulfide) groups is 1. The van der Waals surface area contributed by atoms with Gasteiger partial charge in [-0.2, -0.15) is 0 Å². The fourth-order valence-corrected chi connectivity index (χ4v) is 5.19. The summed E-state index contributed by atoms with van der Waals surface area (Å²) >= 11 is 1.27. The van der Waals surface area contributed by atoms with Crippen molar-refractivity contribution < 1.29 is 14.3 Å². The quantitative estimate of drug-likeness (QED) is 0.336. The van der Waals surface area contributed by atoms with Gasteiger partial charge in [0.25, 0.3) is 5.91 Å². The molecule has 4 aromatic rings. The van der Waals surface area contributed by atoms with Crippen molar-refractivity contribution >= 4 is 56.5 Å². The molecule has 34 heavy (non-hydrogen) atoms. The van der Waals surface area contributed by atoms with E-state index in [1.54, 1.807) is 6.07 Å². The first-order valence-corrected chi connectivity index (χ1v) is 11.8.